The Hall–Kier alpha value is -3.63. The Bertz CT molecular complexity index is 1120. The largest absolute Gasteiger partial charge is 0.507 e. The highest BCUT2D eigenvalue weighted by molar-refractivity contribution is 5.44. The summed E-state index contributed by atoms with van der Waals surface area (Å²) in [4.78, 5) is 10.2. The highest BCUT2D eigenvalue weighted by Crippen LogP contribution is 2.45. The molecule has 33 heavy (non-hydrogen) atoms. The molecule has 3 atom stereocenters. The third-order valence-electron chi connectivity index (χ3n) is 5.54. The summed E-state index contributed by atoms with van der Waals surface area (Å²) in [5.41, 5.74) is 6.44. The molecule has 0 amide bonds. The SMILES string of the molecule is O=[N+]([O-])c1ccc(COc2ccc(C3NNC(C(F)(F)F)C3c3ccccc3)c(O)c2)cc1. The highest BCUT2D eigenvalue weighted by atomic mass is 19.4. The van der Waals surface area contributed by atoms with Gasteiger partial charge in [-0.3, -0.25) is 10.1 Å². The number of halogens is 3. The van der Waals surface area contributed by atoms with Crippen LogP contribution in [0.5, 0.6) is 11.5 Å². The van der Waals surface area contributed by atoms with E-state index in [1.807, 2.05) is 0 Å². The predicted octanol–water partition coefficient (Wildman–Crippen LogP) is 4.74. The van der Waals surface area contributed by atoms with E-state index in [0.717, 1.165) is 0 Å². The van der Waals surface area contributed by atoms with Crippen LogP contribution in [0.1, 0.15) is 28.7 Å². The van der Waals surface area contributed by atoms with Gasteiger partial charge in [0.2, 0.25) is 0 Å². The first-order chi connectivity index (χ1) is 15.7. The van der Waals surface area contributed by atoms with Gasteiger partial charge >= 0.3 is 6.18 Å². The molecule has 4 rings (SSSR count). The Balaban J connectivity index is 1.53. The Kier molecular flexibility index (Phi) is 6.21. The second-order valence-corrected chi connectivity index (χ2v) is 7.65. The van der Waals surface area contributed by atoms with Crippen molar-refractivity contribution in [1.29, 1.82) is 0 Å². The predicted molar refractivity (Wildman–Crippen MR) is 114 cm³/mol. The van der Waals surface area contributed by atoms with Crippen molar-refractivity contribution < 1.29 is 27.9 Å². The molecule has 0 saturated carbocycles. The van der Waals surface area contributed by atoms with E-state index < -0.39 is 29.1 Å². The van der Waals surface area contributed by atoms with Gasteiger partial charge in [-0.25, -0.2) is 10.9 Å². The molecule has 3 unspecified atom stereocenters. The fraction of sp³-hybridized carbons (Fsp3) is 0.217. The van der Waals surface area contributed by atoms with Gasteiger partial charge in [0, 0.05) is 29.7 Å². The number of nitro groups is 1. The Labute approximate surface area is 186 Å². The average molecular weight is 459 g/mol. The van der Waals surface area contributed by atoms with Gasteiger partial charge in [-0.05, 0) is 29.3 Å². The number of hydrazine groups is 1. The van der Waals surface area contributed by atoms with Crippen molar-refractivity contribution in [2.75, 3.05) is 0 Å². The molecule has 172 valence electrons. The number of nitrogens with one attached hydrogen (secondary N) is 2. The van der Waals surface area contributed by atoms with Gasteiger partial charge in [0.25, 0.3) is 5.69 Å². The van der Waals surface area contributed by atoms with Crippen LogP contribution in [0, 0.1) is 10.1 Å². The van der Waals surface area contributed by atoms with Gasteiger partial charge in [-0.15, -0.1) is 0 Å². The van der Waals surface area contributed by atoms with Gasteiger partial charge in [0.1, 0.15) is 24.1 Å². The summed E-state index contributed by atoms with van der Waals surface area (Å²) in [7, 11) is 0. The quantitative estimate of drug-likeness (QED) is 0.364. The molecular formula is C23H20F3N3O4. The first-order valence-electron chi connectivity index (χ1n) is 10.1. The van der Waals surface area contributed by atoms with E-state index in [9.17, 15) is 28.4 Å². The zero-order valence-corrected chi connectivity index (χ0v) is 17.1. The van der Waals surface area contributed by atoms with Crippen LogP contribution in [0.3, 0.4) is 0 Å². The normalized spacial score (nSPS) is 20.5. The number of hydrogen-bond donors (Lipinski definition) is 3. The number of benzene rings is 3. The van der Waals surface area contributed by atoms with Crippen molar-refractivity contribution >= 4 is 5.69 Å². The molecule has 0 spiro atoms. The number of phenolic OH excluding ortho intramolecular Hbond substituents is 1. The zero-order chi connectivity index (χ0) is 23.6. The van der Waals surface area contributed by atoms with Gasteiger partial charge < -0.3 is 9.84 Å². The topological polar surface area (TPSA) is 96.7 Å². The van der Waals surface area contributed by atoms with Crippen molar-refractivity contribution in [3.05, 3.63) is 99.6 Å². The maximum atomic E-state index is 13.7. The highest BCUT2D eigenvalue weighted by Gasteiger charge is 2.52. The molecule has 3 aromatic rings. The number of nitro benzene ring substituents is 1. The second-order valence-electron chi connectivity index (χ2n) is 7.65. The number of nitrogens with zero attached hydrogens (tertiary/aromatic N) is 1. The van der Waals surface area contributed by atoms with Gasteiger partial charge in [0.15, 0.2) is 0 Å². The van der Waals surface area contributed by atoms with Crippen molar-refractivity contribution in [1.82, 2.24) is 10.9 Å². The number of rotatable bonds is 6. The van der Waals surface area contributed by atoms with Crippen molar-refractivity contribution in [3.63, 3.8) is 0 Å². The zero-order valence-electron chi connectivity index (χ0n) is 17.1. The third kappa shape index (κ3) is 4.91. The van der Waals surface area contributed by atoms with Crippen LogP contribution in [0.2, 0.25) is 0 Å². The van der Waals surface area contributed by atoms with E-state index >= 15 is 0 Å². The number of phenols is 1. The van der Waals surface area contributed by atoms with E-state index in [4.69, 9.17) is 4.74 Å². The van der Waals surface area contributed by atoms with Crippen LogP contribution >= 0.6 is 0 Å². The molecule has 1 saturated heterocycles. The van der Waals surface area contributed by atoms with Crippen molar-refractivity contribution in [3.8, 4) is 11.5 Å². The molecule has 7 nitrogen and oxygen atoms in total. The minimum absolute atomic E-state index is 0.0384. The van der Waals surface area contributed by atoms with Crippen molar-refractivity contribution in [2.45, 2.75) is 30.8 Å². The summed E-state index contributed by atoms with van der Waals surface area (Å²) in [5.74, 6) is -0.896. The Morgan fingerprint density at radius 1 is 1.00 bits per heavy atom. The summed E-state index contributed by atoms with van der Waals surface area (Å²) in [6.07, 6.45) is -4.49. The minimum Gasteiger partial charge on any atom is -0.507 e. The number of ether oxygens (including phenoxy) is 1. The number of alkyl halides is 3. The number of hydrogen-bond acceptors (Lipinski definition) is 6. The minimum atomic E-state index is -4.49. The lowest BCUT2D eigenvalue weighted by atomic mass is 9.83. The van der Waals surface area contributed by atoms with E-state index in [0.29, 0.717) is 22.4 Å². The number of non-ortho nitro benzene ring substituents is 1. The summed E-state index contributed by atoms with van der Waals surface area (Å²) < 4.78 is 46.6. The molecule has 0 radical (unpaired) electrons. The van der Waals surface area contributed by atoms with Gasteiger partial charge in [-0.2, -0.15) is 13.2 Å². The summed E-state index contributed by atoms with van der Waals surface area (Å²) in [6, 6.07) is 15.9. The van der Waals surface area contributed by atoms with Crippen LogP contribution < -0.4 is 15.6 Å². The van der Waals surface area contributed by atoms with Gasteiger partial charge in [0.05, 0.1) is 11.0 Å². The molecular weight excluding hydrogens is 439 g/mol. The monoisotopic (exact) mass is 459 g/mol. The maximum absolute atomic E-state index is 13.7. The third-order valence-corrected chi connectivity index (χ3v) is 5.54. The van der Waals surface area contributed by atoms with Gasteiger partial charge in [-0.1, -0.05) is 36.4 Å². The molecule has 1 fully saturated rings. The molecule has 1 aliphatic heterocycles. The van der Waals surface area contributed by atoms with Crippen molar-refractivity contribution in [2.24, 2.45) is 0 Å². The lowest BCUT2D eigenvalue weighted by molar-refractivity contribution is -0.384. The standard InChI is InChI=1S/C23H20F3N3O4/c24-23(25,26)22-20(15-4-2-1-3-5-15)21(27-28-22)18-11-10-17(12-19(18)30)33-13-14-6-8-16(9-7-14)29(31)32/h1-12,20-22,27-28,30H,13H2. The molecule has 1 heterocycles. The Morgan fingerprint density at radius 2 is 1.70 bits per heavy atom. The smallest absolute Gasteiger partial charge is 0.405 e. The maximum Gasteiger partial charge on any atom is 0.405 e. The molecule has 3 N–H and O–H groups in total. The lowest BCUT2D eigenvalue weighted by Gasteiger charge is -2.26. The summed E-state index contributed by atoms with van der Waals surface area (Å²) >= 11 is 0. The second kappa shape index (κ2) is 9.08. The first-order valence-corrected chi connectivity index (χ1v) is 10.1. The van der Waals surface area contributed by atoms with Crippen LogP contribution in [0.4, 0.5) is 18.9 Å². The molecule has 0 bridgehead atoms. The summed E-state index contributed by atoms with van der Waals surface area (Å²) in [5, 5.41) is 21.3. The average Bonchev–Trinajstić information content (AvgIpc) is 3.24. The fourth-order valence-electron chi connectivity index (χ4n) is 3.93. The van der Waals surface area contributed by atoms with Crippen LogP contribution in [0.25, 0.3) is 0 Å². The van der Waals surface area contributed by atoms with Crippen LogP contribution in [-0.4, -0.2) is 22.2 Å². The molecule has 1 aliphatic rings. The van der Waals surface area contributed by atoms with E-state index in [2.05, 4.69) is 10.9 Å². The Morgan fingerprint density at radius 3 is 2.30 bits per heavy atom. The first kappa shape index (κ1) is 22.6. The lowest BCUT2D eigenvalue weighted by Crippen LogP contribution is -2.43. The van der Waals surface area contributed by atoms with E-state index in [1.54, 1.807) is 48.5 Å². The molecule has 3 aromatic carbocycles. The molecule has 10 heteroatoms. The van der Waals surface area contributed by atoms with Crippen LogP contribution in [0.15, 0.2) is 72.8 Å². The van der Waals surface area contributed by atoms with E-state index in [1.165, 1.54) is 24.3 Å². The molecule has 0 aliphatic carbocycles. The van der Waals surface area contributed by atoms with E-state index in [-0.39, 0.29) is 18.0 Å². The number of aromatic hydroxyl groups is 1. The molecule has 0 aromatic heterocycles. The van der Waals surface area contributed by atoms with Crippen LogP contribution in [-0.2, 0) is 6.61 Å². The fourth-order valence-corrected chi connectivity index (χ4v) is 3.93. The summed E-state index contributed by atoms with van der Waals surface area (Å²) in [6.45, 7) is 0.100.